The maximum absolute atomic E-state index is 12.7. The van der Waals surface area contributed by atoms with E-state index in [0.717, 1.165) is 24.4 Å². The van der Waals surface area contributed by atoms with Crippen LogP contribution in [0, 0.1) is 0 Å². The smallest absolute Gasteiger partial charge is 0.264 e. The number of hydrogen-bond acceptors (Lipinski definition) is 4. The van der Waals surface area contributed by atoms with Crippen LogP contribution in [0.3, 0.4) is 0 Å². The second-order valence-electron chi connectivity index (χ2n) is 5.76. The highest BCUT2D eigenvalue weighted by atomic mass is 16.5. The predicted octanol–water partition coefficient (Wildman–Crippen LogP) is 0.688. The summed E-state index contributed by atoms with van der Waals surface area (Å²) in [5.74, 6) is 1.02. The Morgan fingerprint density at radius 3 is 2.67 bits per heavy atom. The second kappa shape index (κ2) is 6.03. The minimum absolute atomic E-state index is 0.0855. The third-order valence-corrected chi connectivity index (χ3v) is 4.46. The molecule has 3 rings (SSSR count). The molecule has 1 amide bonds. The topological polar surface area (TPSA) is 53.0 Å². The largest absolute Gasteiger partial charge is 0.480 e. The molecule has 5 nitrogen and oxygen atoms in total. The number of nitrogens with zero attached hydrogens (tertiary/aromatic N) is 2. The fourth-order valence-electron chi connectivity index (χ4n) is 3.14. The minimum atomic E-state index is -0.396. The molecule has 2 heterocycles. The summed E-state index contributed by atoms with van der Waals surface area (Å²) in [4.78, 5) is 16.7. The number of carbonyl (C=O) groups excluding carboxylic acids is 1. The second-order valence-corrected chi connectivity index (χ2v) is 5.76. The van der Waals surface area contributed by atoms with Crippen LogP contribution >= 0.6 is 0 Å². The molecule has 1 fully saturated rings. The fraction of sp³-hybridized carbons (Fsp3) is 0.562. The van der Waals surface area contributed by atoms with E-state index in [9.17, 15) is 4.79 Å². The van der Waals surface area contributed by atoms with Crippen molar-refractivity contribution in [1.29, 1.82) is 0 Å². The van der Waals surface area contributed by atoms with E-state index in [0.29, 0.717) is 19.6 Å². The molecule has 21 heavy (non-hydrogen) atoms. The van der Waals surface area contributed by atoms with Gasteiger partial charge in [-0.15, -0.1) is 0 Å². The molecule has 1 aromatic carbocycles. The number of aliphatic hydroxyl groups is 1. The van der Waals surface area contributed by atoms with E-state index in [-0.39, 0.29) is 18.4 Å². The Morgan fingerprint density at radius 2 is 2.00 bits per heavy atom. The van der Waals surface area contributed by atoms with Crippen LogP contribution < -0.4 is 4.74 Å². The van der Waals surface area contributed by atoms with Gasteiger partial charge < -0.3 is 14.7 Å². The number of hydrogen-bond donors (Lipinski definition) is 1. The van der Waals surface area contributed by atoms with Crippen LogP contribution in [0.1, 0.15) is 18.4 Å². The van der Waals surface area contributed by atoms with Crippen LogP contribution in [0.25, 0.3) is 0 Å². The molecule has 0 spiro atoms. The van der Waals surface area contributed by atoms with Gasteiger partial charge in [0.05, 0.1) is 6.61 Å². The highest BCUT2D eigenvalue weighted by Gasteiger charge is 2.39. The Kier molecular flexibility index (Phi) is 4.12. The fourth-order valence-corrected chi connectivity index (χ4v) is 3.14. The zero-order valence-electron chi connectivity index (χ0n) is 12.4. The third-order valence-electron chi connectivity index (χ3n) is 4.46. The highest BCUT2D eigenvalue weighted by Crippen LogP contribution is 2.38. The first-order valence-corrected chi connectivity index (χ1v) is 7.58. The Bertz CT molecular complexity index is 512. The first kappa shape index (κ1) is 14.4. The molecule has 2 aliphatic rings. The Hall–Kier alpha value is -1.59. The van der Waals surface area contributed by atoms with Gasteiger partial charge in [-0.25, -0.2) is 0 Å². The maximum Gasteiger partial charge on any atom is 0.264 e. The summed E-state index contributed by atoms with van der Waals surface area (Å²) in [6.07, 6.45) is -0.396. The SMILES string of the molecule is CC1c2ccccc2OC1C(=O)N1CCN(CCO)CC1. The number of carbonyl (C=O) groups is 1. The van der Waals surface area contributed by atoms with Gasteiger partial charge in [0.2, 0.25) is 0 Å². The summed E-state index contributed by atoms with van der Waals surface area (Å²) in [7, 11) is 0. The van der Waals surface area contributed by atoms with E-state index in [4.69, 9.17) is 9.84 Å². The summed E-state index contributed by atoms with van der Waals surface area (Å²) in [6, 6.07) is 7.88. The molecule has 2 aliphatic heterocycles. The molecule has 0 saturated carbocycles. The molecule has 1 N–H and O–H groups in total. The Labute approximate surface area is 125 Å². The van der Waals surface area contributed by atoms with Gasteiger partial charge in [-0.1, -0.05) is 25.1 Å². The average molecular weight is 290 g/mol. The number of piperazine rings is 1. The summed E-state index contributed by atoms with van der Waals surface area (Å²) in [5, 5.41) is 8.96. The lowest BCUT2D eigenvalue weighted by atomic mass is 9.96. The van der Waals surface area contributed by atoms with Crippen molar-refractivity contribution in [1.82, 2.24) is 9.80 Å². The normalized spacial score (nSPS) is 25.5. The lowest BCUT2D eigenvalue weighted by molar-refractivity contribution is -0.140. The van der Waals surface area contributed by atoms with Crippen LogP contribution in [-0.2, 0) is 4.79 Å². The highest BCUT2D eigenvalue weighted by molar-refractivity contribution is 5.83. The van der Waals surface area contributed by atoms with Crippen molar-refractivity contribution in [2.75, 3.05) is 39.3 Å². The number of amides is 1. The average Bonchev–Trinajstić information content (AvgIpc) is 2.85. The Morgan fingerprint density at radius 1 is 1.29 bits per heavy atom. The van der Waals surface area contributed by atoms with Crippen molar-refractivity contribution in [3.05, 3.63) is 29.8 Å². The van der Waals surface area contributed by atoms with E-state index in [1.807, 2.05) is 29.2 Å². The molecule has 2 unspecified atom stereocenters. The van der Waals surface area contributed by atoms with Gasteiger partial charge in [-0.05, 0) is 6.07 Å². The number of aliphatic hydroxyl groups excluding tert-OH is 1. The van der Waals surface area contributed by atoms with E-state index in [1.54, 1.807) is 0 Å². The van der Waals surface area contributed by atoms with Gasteiger partial charge >= 0.3 is 0 Å². The maximum atomic E-state index is 12.7. The molecule has 0 aliphatic carbocycles. The lowest BCUT2D eigenvalue weighted by Crippen LogP contribution is -2.53. The van der Waals surface area contributed by atoms with Crippen molar-refractivity contribution in [2.45, 2.75) is 18.9 Å². The van der Waals surface area contributed by atoms with Crippen molar-refractivity contribution >= 4 is 5.91 Å². The number of ether oxygens (including phenoxy) is 1. The summed E-state index contributed by atoms with van der Waals surface area (Å²) >= 11 is 0. The number of rotatable bonds is 3. The number of fused-ring (bicyclic) bond motifs is 1. The van der Waals surface area contributed by atoms with E-state index in [2.05, 4.69) is 11.8 Å². The summed E-state index contributed by atoms with van der Waals surface area (Å²) in [5.41, 5.74) is 1.12. The monoisotopic (exact) mass is 290 g/mol. The molecular formula is C16H22N2O3. The summed E-state index contributed by atoms with van der Waals surface area (Å²) < 4.78 is 5.86. The molecule has 2 atom stereocenters. The minimum Gasteiger partial charge on any atom is -0.480 e. The molecule has 1 aromatic rings. The summed E-state index contributed by atoms with van der Waals surface area (Å²) in [6.45, 7) is 5.97. The van der Waals surface area contributed by atoms with Gasteiger partial charge in [0.1, 0.15) is 5.75 Å². The zero-order valence-corrected chi connectivity index (χ0v) is 12.4. The van der Waals surface area contributed by atoms with E-state index < -0.39 is 6.10 Å². The Balaban J connectivity index is 1.63. The van der Waals surface area contributed by atoms with Crippen molar-refractivity contribution in [3.63, 3.8) is 0 Å². The number of β-amino-alcohol motifs (C(OH)–C–C–N with tert-alkyl or cyclic N) is 1. The van der Waals surface area contributed by atoms with Crippen molar-refractivity contribution in [2.24, 2.45) is 0 Å². The van der Waals surface area contributed by atoms with Crippen LogP contribution in [0.15, 0.2) is 24.3 Å². The van der Waals surface area contributed by atoms with Gasteiger partial charge in [0.25, 0.3) is 5.91 Å². The number of para-hydroxylation sites is 1. The molecule has 0 aromatic heterocycles. The quantitative estimate of drug-likeness (QED) is 0.890. The molecule has 114 valence electrons. The molecule has 0 radical (unpaired) electrons. The van der Waals surface area contributed by atoms with Gasteiger partial charge in [-0.3, -0.25) is 9.69 Å². The van der Waals surface area contributed by atoms with Gasteiger partial charge in [0.15, 0.2) is 6.10 Å². The van der Waals surface area contributed by atoms with Crippen molar-refractivity contribution in [3.8, 4) is 5.75 Å². The van der Waals surface area contributed by atoms with Gasteiger partial charge in [0, 0.05) is 44.2 Å². The predicted molar refractivity (Wildman–Crippen MR) is 79.4 cm³/mol. The van der Waals surface area contributed by atoms with Crippen LogP contribution in [0.2, 0.25) is 0 Å². The third kappa shape index (κ3) is 2.76. The van der Waals surface area contributed by atoms with Crippen LogP contribution in [-0.4, -0.2) is 66.2 Å². The first-order valence-electron chi connectivity index (χ1n) is 7.58. The molecule has 1 saturated heterocycles. The van der Waals surface area contributed by atoms with E-state index >= 15 is 0 Å². The molecule has 5 heteroatoms. The van der Waals surface area contributed by atoms with Gasteiger partial charge in [-0.2, -0.15) is 0 Å². The standard InChI is InChI=1S/C16H22N2O3/c1-12-13-4-2-3-5-14(13)21-15(12)16(20)18-8-6-17(7-9-18)10-11-19/h2-5,12,15,19H,6-11H2,1H3. The van der Waals surface area contributed by atoms with Crippen LogP contribution in [0.5, 0.6) is 5.75 Å². The number of benzene rings is 1. The van der Waals surface area contributed by atoms with Crippen LogP contribution in [0.4, 0.5) is 0 Å². The lowest BCUT2D eigenvalue weighted by Gasteiger charge is -2.35. The molecule has 0 bridgehead atoms. The van der Waals surface area contributed by atoms with Crippen molar-refractivity contribution < 1.29 is 14.6 Å². The first-order chi connectivity index (χ1) is 10.2. The van der Waals surface area contributed by atoms with E-state index in [1.165, 1.54) is 0 Å². The zero-order chi connectivity index (χ0) is 14.8. The molecular weight excluding hydrogens is 268 g/mol.